The van der Waals surface area contributed by atoms with Crippen LogP contribution in [0.15, 0.2) is 18.2 Å². The first-order valence-electron chi connectivity index (χ1n) is 5.31. The number of hydrogen-bond acceptors (Lipinski definition) is 2. The van der Waals surface area contributed by atoms with Crippen molar-refractivity contribution in [3.63, 3.8) is 0 Å². The van der Waals surface area contributed by atoms with Crippen LogP contribution in [0, 0.1) is 12.8 Å². The molecule has 1 amide bonds. The lowest BCUT2D eigenvalue weighted by atomic mass is 10.2. The molecular formula is C12H16N2O. The van der Waals surface area contributed by atoms with Crippen molar-refractivity contribution in [3.8, 4) is 0 Å². The zero-order chi connectivity index (χ0) is 10.8. The van der Waals surface area contributed by atoms with Crippen molar-refractivity contribution in [2.45, 2.75) is 26.2 Å². The minimum atomic E-state index is 0.0785. The molecule has 80 valence electrons. The summed E-state index contributed by atoms with van der Waals surface area (Å²) < 4.78 is 0. The third-order valence-corrected chi connectivity index (χ3v) is 2.65. The van der Waals surface area contributed by atoms with E-state index in [4.69, 9.17) is 5.73 Å². The SMILES string of the molecule is Cc1ccc(N)c(NC(=O)CC2CC2)c1. The van der Waals surface area contributed by atoms with Crippen LogP contribution in [-0.2, 0) is 4.79 Å². The van der Waals surface area contributed by atoms with E-state index in [1.54, 1.807) is 0 Å². The van der Waals surface area contributed by atoms with Gasteiger partial charge in [-0.3, -0.25) is 4.79 Å². The fourth-order valence-corrected chi connectivity index (χ4v) is 1.56. The average Bonchev–Trinajstić information content (AvgIpc) is 2.95. The lowest BCUT2D eigenvalue weighted by molar-refractivity contribution is -0.116. The highest BCUT2D eigenvalue weighted by atomic mass is 16.1. The van der Waals surface area contributed by atoms with Crippen LogP contribution < -0.4 is 11.1 Å². The highest BCUT2D eigenvalue weighted by Gasteiger charge is 2.24. The van der Waals surface area contributed by atoms with Crippen molar-refractivity contribution in [2.75, 3.05) is 11.1 Å². The maximum absolute atomic E-state index is 11.6. The first-order valence-corrected chi connectivity index (χ1v) is 5.31. The molecule has 3 heteroatoms. The molecule has 2 rings (SSSR count). The Labute approximate surface area is 89.7 Å². The number of benzene rings is 1. The topological polar surface area (TPSA) is 55.1 Å². The third kappa shape index (κ3) is 2.72. The van der Waals surface area contributed by atoms with E-state index in [9.17, 15) is 4.79 Å². The van der Waals surface area contributed by atoms with Crippen molar-refractivity contribution in [2.24, 2.45) is 5.92 Å². The molecule has 3 N–H and O–H groups in total. The first-order chi connectivity index (χ1) is 7.15. The van der Waals surface area contributed by atoms with E-state index < -0.39 is 0 Å². The second-order valence-electron chi connectivity index (χ2n) is 4.29. The molecule has 0 spiro atoms. The van der Waals surface area contributed by atoms with Crippen LogP contribution in [0.5, 0.6) is 0 Å². The second-order valence-corrected chi connectivity index (χ2v) is 4.29. The number of rotatable bonds is 3. The summed E-state index contributed by atoms with van der Waals surface area (Å²) in [4.78, 5) is 11.6. The van der Waals surface area contributed by atoms with Gasteiger partial charge in [0.1, 0.15) is 0 Å². The number of nitrogen functional groups attached to an aromatic ring is 1. The Kier molecular flexibility index (Phi) is 2.62. The van der Waals surface area contributed by atoms with Gasteiger partial charge in [0.15, 0.2) is 0 Å². The number of hydrogen-bond donors (Lipinski definition) is 2. The van der Waals surface area contributed by atoms with Gasteiger partial charge in [-0.1, -0.05) is 6.07 Å². The Balaban J connectivity index is 2.01. The molecule has 0 radical (unpaired) electrons. The molecule has 1 aliphatic rings. The van der Waals surface area contributed by atoms with E-state index in [1.807, 2.05) is 25.1 Å². The Hall–Kier alpha value is -1.51. The molecule has 0 aliphatic heterocycles. The monoisotopic (exact) mass is 204 g/mol. The Morgan fingerprint density at radius 1 is 1.53 bits per heavy atom. The second kappa shape index (κ2) is 3.93. The number of aryl methyl sites for hydroxylation is 1. The summed E-state index contributed by atoms with van der Waals surface area (Å²) in [5, 5.41) is 2.86. The Morgan fingerprint density at radius 2 is 2.27 bits per heavy atom. The minimum Gasteiger partial charge on any atom is -0.397 e. The molecule has 1 aliphatic carbocycles. The number of nitrogens with two attached hydrogens (primary N) is 1. The maximum Gasteiger partial charge on any atom is 0.224 e. The number of carbonyl (C=O) groups is 1. The van der Waals surface area contributed by atoms with Crippen molar-refractivity contribution in [3.05, 3.63) is 23.8 Å². The summed E-state index contributed by atoms with van der Waals surface area (Å²) in [6, 6.07) is 5.66. The largest absolute Gasteiger partial charge is 0.397 e. The van der Waals surface area contributed by atoms with E-state index >= 15 is 0 Å². The van der Waals surface area contributed by atoms with Crippen LogP contribution in [-0.4, -0.2) is 5.91 Å². The van der Waals surface area contributed by atoms with Gasteiger partial charge in [0.25, 0.3) is 0 Å². The summed E-state index contributed by atoms with van der Waals surface area (Å²) >= 11 is 0. The van der Waals surface area contributed by atoms with Crippen LogP contribution >= 0.6 is 0 Å². The number of nitrogens with one attached hydrogen (secondary N) is 1. The van der Waals surface area contributed by atoms with E-state index in [0.717, 1.165) is 11.3 Å². The van der Waals surface area contributed by atoms with Crippen LogP contribution in [0.3, 0.4) is 0 Å². The molecule has 0 heterocycles. The van der Waals surface area contributed by atoms with Crippen molar-refractivity contribution < 1.29 is 4.79 Å². The van der Waals surface area contributed by atoms with E-state index in [-0.39, 0.29) is 5.91 Å². The average molecular weight is 204 g/mol. The van der Waals surface area contributed by atoms with Crippen LogP contribution in [0.1, 0.15) is 24.8 Å². The van der Waals surface area contributed by atoms with E-state index in [0.29, 0.717) is 18.0 Å². The normalized spacial score (nSPS) is 15.0. The molecule has 0 aromatic heterocycles. The summed E-state index contributed by atoms with van der Waals surface area (Å²) in [7, 11) is 0. The van der Waals surface area contributed by atoms with Gasteiger partial charge in [0.2, 0.25) is 5.91 Å². The molecule has 1 aromatic carbocycles. The van der Waals surface area contributed by atoms with E-state index in [2.05, 4.69) is 5.32 Å². The summed E-state index contributed by atoms with van der Waals surface area (Å²) in [6.45, 7) is 1.98. The van der Waals surface area contributed by atoms with Crippen LogP contribution in [0.2, 0.25) is 0 Å². The maximum atomic E-state index is 11.6. The van der Waals surface area contributed by atoms with Crippen molar-refractivity contribution >= 4 is 17.3 Å². The molecule has 1 aromatic rings. The van der Waals surface area contributed by atoms with Gasteiger partial charge in [-0.25, -0.2) is 0 Å². The summed E-state index contributed by atoms with van der Waals surface area (Å²) in [6.07, 6.45) is 3.01. The summed E-state index contributed by atoms with van der Waals surface area (Å²) in [5.41, 5.74) is 8.24. The lowest BCUT2D eigenvalue weighted by Gasteiger charge is -2.08. The zero-order valence-corrected chi connectivity index (χ0v) is 8.92. The quantitative estimate of drug-likeness (QED) is 0.742. The van der Waals surface area contributed by atoms with Gasteiger partial charge in [0, 0.05) is 6.42 Å². The molecule has 0 atom stereocenters. The molecular weight excluding hydrogens is 188 g/mol. The van der Waals surface area contributed by atoms with Gasteiger partial charge in [-0.2, -0.15) is 0 Å². The third-order valence-electron chi connectivity index (χ3n) is 2.65. The smallest absolute Gasteiger partial charge is 0.224 e. The predicted molar refractivity (Wildman–Crippen MR) is 61.6 cm³/mol. The minimum absolute atomic E-state index is 0.0785. The Bertz CT molecular complexity index is 383. The van der Waals surface area contributed by atoms with Gasteiger partial charge in [0.05, 0.1) is 11.4 Å². The summed E-state index contributed by atoms with van der Waals surface area (Å²) in [5.74, 6) is 0.686. The molecule has 1 fully saturated rings. The van der Waals surface area contributed by atoms with Gasteiger partial charge in [-0.15, -0.1) is 0 Å². The molecule has 3 nitrogen and oxygen atoms in total. The number of carbonyl (C=O) groups excluding carboxylic acids is 1. The van der Waals surface area contributed by atoms with Gasteiger partial charge >= 0.3 is 0 Å². The fourth-order valence-electron chi connectivity index (χ4n) is 1.56. The number of amides is 1. The first kappa shape index (κ1) is 10.0. The van der Waals surface area contributed by atoms with E-state index in [1.165, 1.54) is 12.8 Å². The molecule has 15 heavy (non-hydrogen) atoms. The molecule has 1 saturated carbocycles. The predicted octanol–water partition coefficient (Wildman–Crippen LogP) is 2.32. The standard InChI is InChI=1S/C12H16N2O/c1-8-2-5-10(13)11(6-8)14-12(15)7-9-3-4-9/h2,5-6,9H,3-4,7,13H2,1H3,(H,14,15). The molecule has 0 unspecified atom stereocenters. The Morgan fingerprint density at radius 3 is 2.93 bits per heavy atom. The van der Waals surface area contributed by atoms with Gasteiger partial charge in [-0.05, 0) is 43.4 Å². The van der Waals surface area contributed by atoms with Crippen molar-refractivity contribution in [1.82, 2.24) is 0 Å². The van der Waals surface area contributed by atoms with Gasteiger partial charge < -0.3 is 11.1 Å². The molecule has 0 saturated heterocycles. The van der Waals surface area contributed by atoms with Crippen molar-refractivity contribution in [1.29, 1.82) is 0 Å². The highest BCUT2D eigenvalue weighted by Crippen LogP contribution is 2.32. The molecule has 0 bridgehead atoms. The highest BCUT2D eigenvalue weighted by molar-refractivity contribution is 5.94. The lowest BCUT2D eigenvalue weighted by Crippen LogP contribution is -2.13. The fraction of sp³-hybridized carbons (Fsp3) is 0.417. The van der Waals surface area contributed by atoms with Crippen LogP contribution in [0.4, 0.5) is 11.4 Å². The van der Waals surface area contributed by atoms with Crippen LogP contribution in [0.25, 0.3) is 0 Å². The number of anilines is 2. The zero-order valence-electron chi connectivity index (χ0n) is 8.92.